The van der Waals surface area contributed by atoms with Gasteiger partial charge in [0.05, 0.1) is 20.3 Å². The third kappa shape index (κ3) is 2.44. The van der Waals surface area contributed by atoms with E-state index in [9.17, 15) is 4.79 Å². The maximum atomic E-state index is 12.6. The number of anilines is 1. The van der Waals surface area contributed by atoms with Gasteiger partial charge in [0.2, 0.25) is 0 Å². The zero-order chi connectivity index (χ0) is 14.8. The molecule has 1 atom stereocenters. The Balaban J connectivity index is 1.84. The second kappa shape index (κ2) is 5.48. The summed E-state index contributed by atoms with van der Waals surface area (Å²) in [5.74, 6) is 1.25. The van der Waals surface area contributed by atoms with Gasteiger partial charge in [-0.05, 0) is 29.8 Å². The Bertz CT molecular complexity index is 656. The topological polar surface area (TPSA) is 47.6 Å². The van der Waals surface area contributed by atoms with E-state index >= 15 is 0 Å². The molecule has 1 N–H and O–H groups in total. The van der Waals surface area contributed by atoms with Crippen molar-refractivity contribution < 1.29 is 14.3 Å². The lowest BCUT2D eigenvalue weighted by Crippen LogP contribution is -2.27. The molecule has 0 amide bonds. The summed E-state index contributed by atoms with van der Waals surface area (Å²) in [6, 6.07) is 13.0. The number of ether oxygens (including phenoxy) is 2. The highest BCUT2D eigenvalue weighted by Gasteiger charge is 2.27. The highest BCUT2D eigenvalue weighted by molar-refractivity contribution is 6.03. The van der Waals surface area contributed by atoms with Gasteiger partial charge in [-0.25, -0.2) is 0 Å². The van der Waals surface area contributed by atoms with Crippen LogP contribution < -0.4 is 14.8 Å². The first kappa shape index (κ1) is 13.5. The van der Waals surface area contributed by atoms with Gasteiger partial charge in [-0.3, -0.25) is 4.79 Å². The van der Waals surface area contributed by atoms with Crippen LogP contribution in [0.3, 0.4) is 0 Å². The Morgan fingerprint density at radius 2 is 1.86 bits per heavy atom. The largest absolute Gasteiger partial charge is 0.493 e. The molecule has 0 spiro atoms. The Labute approximate surface area is 123 Å². The minimum absolute atomic E-state index is 0.0622. The predicted molar refractivity (Wildman–Crippen MR) is 81.4 cm³/mol. The Morgan fingerprint density at radius 1 is 1.10 bits per heavy atom. The summed E-state index contributed by atoms with van der Waals surface area (Å²) < 4.78 is 10.4. The van der Waals surface area contributed by atoms with Crippen LogP contribution in [0, 0.1) is 0 Å². The van der Waals surface area contributed by atoms with Gasteiger partial charge in [-0.1, -0.05) is 18.2 Å². The van der Waals surface area contributed by atoms with Crippen molar-refractivity contribution in [2.24, 2.45) is 0 Å². The van der Waals surface area contributed by atoms with Gasteiger partial charge in [-0.15, -0.1) is 0 Å². The molecule has 1 aliphatic rings. The molecule has 1 unspecified atom stereocenters. The molecule has 0 bridgehead atoms. The van der Waals surface area contributed by atoms with Crippen molar-refractivity contribution >= 4 is 11.5 Å². The summed E-state index contributed by atoms with van der Waals surface area (Å²) >= 11 is 0. The Morgan fingerprint density at radius 3 is 2.57 bits per heavy atom. The number of hydrogen-bond acceptors (Lipinski definition) is 4. The monoisotopic (exact) mass is 283 g/mol. The summed E-state index contributed by atoms with van der Waals surface area (Å²) in [6.45, 7) is 0. The number of benzene rings is 2. The number of rotatable bonds is 4. The predicted octanol–water partition coefficient (Wildman–Crippen LogP) is 2.92. The van der Waals surface area contributed by atoms with Crippen molar-refractivity contribution in [3.8, 4) is 11.5 Å². The summed E-state index contributed by atoms with van der Waals surface area (Å²) in [5.41, 5.74) is 2.84. The lowest BCUT2D eigenvalue weighted by Gasteiger charge is -2.13. The highest BCUT2D eigenvalue weighted by atomic mass is 16.5. The van der Waals surface area contributed by atoms with Gasteiger partial charge in [0, 0.05) is 17.7 Å². The molecule has 108 valence electrons. The van der Waals surface area contributed by atoms with Crippen LogP contribution in [0.15, 0.2) is 42.5 Å². The SMILES string of the molecule is COc1ccc(C(=O)C2Cc3ccccc3N2)cc1OC. The van der Waals surface area contributed by atoms with Crippen molar-refractivity contribution in [2.75, 3.05) is 19.5 Å². The van der Waals surface area contributed by atoms with E-state index in [-0.39, 0.29) is 11.8 Å². The number of carbonyl (C=O) groups excluding carboxylic acids is 1. The first-order valence-electron chi connectivity index (χ1n) is 6.83. The number of fused-ring (bicyclic) bond motifs is 1. The molecular formula is C17H17NO3. The fraction of sp³-hybridized carbons (Fsp3) is 0.235. The van der Waals surface area contributed by atoms with Crippen LogP contribution >= 0.6 is 0 Å². The van der Waals surface area contributed by atoms with Gasteiger partial charge in [0.15, 0.2) is 17.3 Å². The van der Waals surface area contributed by atoms with Crippen LogP contribution in [0.2, 0.25) is 0 Å². The van der Waals surface area contributed by atoms with Crippen LogP contribution in [-0.4, -0.2) is 26.0 Å². The van der Waals surface area contributed by atoms with Gasteiger partial charge < -0.3 is 14.8 Å². The van der Waals surface area contributed by atoms with E-state index in [1.54, 1.807) is 32.4 Å². The quantitative estimate of drug-likeness (QED) is 0.876. The van der Waals surface area contributed by atoms with Gasteiger partial charge in [-0.2, -0.15) is 0 Å². The normalized spacial score (nSPS) is 16.0. The van der Waals surface area contributed by atoms with E-state index in [4.69, 9.17) is 9.47 Å². The van der Waals surface area contributed by atoms with E-state index in [0.29, 0.717) is 23.5 Å². The summed E-state index contributed by atoms with van der Waals surface area (Å²) in [7, 11) is 3.14. The number of para-hydroxylation sites is 1. The third-order valence-corrected chi connectivity index (χ3v) is 3.76. The van der Waals surface area contributed by atoms with Gasteiger partial charge >= 0.3 is 0 Å². The molecule has 4 heteroatoms. The summed E-state index contributed by atoms with van der Waals surface area (Å²) in [5, 5.41) is 3.28. The highest BCUT2D eigenvalue weighted by Crippen LogP contribution is 2.30. The average molecular weight is 283 g/mol. The zero-order valence-corrected chi connectivity index (χ0v) is 12.1. The minimum atomic E-state index is -0.222. The molecule has 0 saturated carbocycles. The molecule has 3 rings (SSSR count). The number of ketones is 1. The van der Waals surface area contributed by atoms with Crippen LogP contribution in [0.1, 0.15) is 15.9 Å². The minimum Gasteiger partial charge on any atom is -0.493 e. The number of methoxy groups -OCH3 is 2. The number of hydrogen-bond donors (Lipinski definition) is 1. The number of Topliss-reactive ketones (excluding diaryl/α,β-unsaturated/α-hetero) is 1. The summed E-state index contributed by atoms with van der Waals surface area (Å²) in [4.78, 5) is 12.6. The average Bonchev–Trinajstić information content (AvgIpc) is 2.97. The smallest absolute Gasteiger partial charge is 0.185 e. The van der Waals surface area contributed by atoms with Crippen LogP contribution in [0.25, 0.3) is 0 Å². The maximum Gasteiger partial charge on any atom is 0.185 e. The first-order chi connectivity index (χ1) is 10.2. The van der Waals surface area contributed by atoms with Crippen LogP contribution in [0.5, 0.6) is 11.5 Å². The molecule has 0 saturated heterocycles. The third-order valence-electron chi connectivity index (χ3n) is 3.76. The molecule has 0 radical (unpaired) electrons. The van der Waals surface area contributed by atoms with E-state index in [1.165, 1.54) is 5.56 Å². The second-order valence-corrected chi connectivity index (χ2v) is 4.99. The van der Waals surface area contributed by atoms with E-state index in [2.05, 4.69) is 5.32 Å². The fourth-order valence-electron chi connectivity index (χ4n) is 2.65. The van der Waals surface area contributed by atoms with Crippen molar-refractivity contribution in [1.29, 1.82) is 0 Å². The van der Waals surface area contributed by atoms with E-state index in [1.807, 2.05) is 24.3 Å². The molecule has 2 aromatic rings. The van der Waals surface area contributed by atoms with Crippen molar-refractivity contribution in [3.63, 3.8) is 0 Å². The van der Waals surface area contributed by atoms with Gasteiger partial charge in [0.1, 0.15) is 0 Å². The molecule has 4 nitrogen and oxygen atoms in total. The Hall–Kier alpha value is -2.49. The molecular weight excluding hydrogens is 266 g/mol. The van der Waals surface area contributed by atoms with Crippen molar-refractivity contribution in [1.82, 2.24) is 0 Å². The molecule has 1 heterocycles. The molecule has 0 fully saturated rings. The molecule has 2 aromatic carbocycles. The van der Waals surface area contributed by atoms with E-state index in [0.717, 1.165) is 5.69 Å². The maximum absolute atomic E-state index is 12.6. The molecule has 0 aromatic heterocycles. The molecule has 0 aliphatic carbocycles. The number of nitrogens with one attached hydrogen (secondary N) is 1. The van der Waals surface area contributed by atoms with Crippen LogP contribution in [-0.2, 0) is 6.42 Å². The van der Waals surface area contributed by atoms with Crippen molar-refractivity contribution in [3.05, 3.63) is 53.6 Å². The van der Waals surface area contributed by atoms with E-state index < -0.39 is 0 Å². The lowest BCUT2D eigenvalue weighted by atomic mass is 10.0. The standard InChI is InChI=1S/C17H17NO3/c1-20-15-8-7-12(10-16(15)21-2)17(19)14-9-11-5-3-4-6-13(11)18-14/h3-8,10,14,18H,9H2,1-2H3. The zero-order valence-electron chi connectivity index (χ0n) is 12.1. The second-order valence-electron chi connectivity index (χ2n) is 4.99. The van der Waals surface area contributed by atoms with Crippen LogP contribution in [0.4, 0.5) is 5.69 Å². The first-order valence-corrected chi connectivity index (χ1v) is 6.83. The lowest BCUT2D eigenvalue weighted by molar-refractivity contribution is 0.0971. The van der Waals surface area contributed by atoms with Gasteiger partial charge in [0.25, 0.3) is 0 Å². The fourth-order valence-corrected chi connectivity index (χ4v) is 2.65. The van der Waals surface area contributed by atoms with Crippen molar-refractivity contribution in [2.45, 2.75) is 12.5 Å². The Kier molecular flexibility index (Phi) is 3.52. The molecule has 1 aliphatic heterocycles. The summed E-state index contributed by atoms with van der Waals surface area (Å²) in [6.07, 6.45) is 0.712. The molecule has 21 heavy (non-hydrogen) atoms. The number of carbonyl (C=O) groups is 1.